The molecule has 3 rings (SSSR count). The van der Waals surface area contributed by atoms with Crippen molar-refractivity contribution in [1.82, 2.24) is 14.1 Å². The van der Waals surface area contributed by atoms with E-state index < -0.39 is 16.0 Å². The lowest BCUT2D eigenvalue weighted by Crippen LogP contribution is -2.40. The van der Waals surface area contributed by atoms with Gasteiger partial charge in [0.25, 0.3) is 0 Å². The average molecular weight is 371 g/mol. The zero-order valence-electron chi connectivity index (χ0n) is 12.8. The Hall–Kier alpha value is -1.75. The molecule has 0 radical (unpaired) electrons. The molecule has 0 saturated carbocycles. The molecule has 3 heterocycles. The Labute approximate surface area is 143 Å². The number of sulfonamides is 1. The van der Waals surface area contributed by atoms with Crippen molar-refractivity contribution in [2.24, 2.45) is 0 Å². The zero-order valence-corrected chi connectivity index (χ0v) is 14.5. The van der Waals surface area contributed by atoms with Crippen LogP contribution in [0.2, 0.25) is 0 Å². The van der Waals surface area contributed by atoms with Crippen molar-refractivity contribution in [2.45, 2.75) is 11.4 Å². The summed E-state index contributed by atoms with van der Waals surface area (Å²) in [5, 5.41) is 5.59. The van der Waals surface area contributed by atoms with Gasteiger partial charge in [0.05, 0.1) is 19.8 Å². The number of carbonyl (C=O) groups is 1. The molecule has 2 aromatic rings. The van der Waals surface area contributed by atoms with Crippen LogP contribution in [0.3, 0.4) is 0 Å². The van der Waals surface area contributed by atoms with E-state index in [4.69, 9.17) is 9.47 Å². The van der Waals surface area contributed by atoms with Crippen LogP contribution in [0.25, 0.3) is 0 Å². The third-order valence-corrected chi connectivity index (χ3v) is 6.48. The fraction of sp³-hybridized carbons (Fsp3) is 0.429. The first-order valence-corrected chi connectivity index (χ1v) is 9.71. The van der Waals surface area contributed by atoms with E-state index in [1.807, 2.05) is 0 Å². The van der Waals surface area contributed by atoms with Crippen LogP contribution in [-0.4, -0.2) is 61.4 Å². The Morgan fingerprint density at radius 2 is 2.17 bits per heavy atom. The molecular weight excluding hydrogens is 354 g/mol. The molecule has 1 fully saturated rings. The Balaban J connectivity index is 1.68. The Kier molecular flexibility index (Phi) is 5.29. The van der Waals surface area contributed by atoms with Gasteiger partial charge in [-0.15, -0.1) is 11.3 Å². The van der Waals surface area contributed by atoms with E-state index in [0.717, 1.165) is 11.3 Å². The molecule has 0 atom stereocenters. The summed E-state index contributed by atoms with van der Waals surface area (Å²) in [6.45, 7) is 1.81. The molecule has 0 bridgehead atoms. The molecule has 1 aliphatic heterocycles. The van der Waals surface area contributed by atoms with Crippen LogP contribution in [0.1, 0.15) is 9.67 Å². The molecule has 0 amide bonds. The number of carbonyl (C=O) groups excluding carboxylic acids is 1. The molecular formula is C14H17N3O5S2. The summed E-state index contributed by atoms with van der Waals surface area (Å²) in [4.78, 5) is 12.3. The van der Waals surface area contributed by atoms with Gasteiger partial charge in [-0.1, -0.05) is 0 Å². The summed E-state index contributed by atoms with van der Waals surface area (Å²) in [5.41, 5.74) is 0. The van der Waals surface area contributed by atoms with Crippen molar-refractivity contribution < 1.29 is 22.7 Å². The van der Waals surface area contributed by atoms with Gasteiger partial charge in [-0.3, -0.25) is 4.68 Å². The van der Waals surface area contributed by atoms with Gasteiger partial charge in [-0.05, 0) is 17.5 Å². The number of thiophene rings is 1. The SMILES string of the molecule is O=C(OCCn1cccn1)c1sccc1S(=O)(=O)N1CCOCC1. The van der Waals surface area contributed by atoms with Crippen LogP contribution in [0.4, 0.5) is 0 Å². The lowest BCUT2D eigenvalue weighted by atomic mass is 10.5. The molecule has 0 N–H and O–H groups in total. The number of esters is 1. The second kappa shape index (κ2) is 7.43. The smallest absolute Gasteiger partial charge is 0.349 e. The van der Waals surface area contributed by atoms with E-state index in [0.29, 0.717) is 19.8 Å². The molecule has 1 saturated heterocycles. The number of hydrogen-bond donors (Lipinski definition) is 0. The van der Waals surface area contributed by atoms with E-state index in [-0.39, 0.29) is 29.5 Å². The summed E-state index contributed by atoms with van der Waals surface area (Å²) >= 11 is 1.06. The quantitative estimate of drug-likeness (QED) is 0.699. The van der Waals surface area contributed by atoms with Crippen molar-refractivity contribution in [3.63, 3.8) is 0 Å². The third-order valence-electron chi connectivity index (χ3n) is 3.52. The van der Waals surface area contributed by atoms with Gasteiger partial charge >= 0.3 is 5.97 Å². The van der Waals surface area contributed by atoms with Crippen LogP contribution >= 0.6 is 11.3 Å². The lowest BCUT2D eigenvalue weighted by molar-refractivity contribution is 0.0488. The van der Waals surface area contributed by atoms with Crippen LogP contribution in [0, 0.1) is 0 Å². The predicted molar refractivity (Wildman–Crippen MR) is 86.4 cm³/mol. The highest BCUT2D eigenvalue weighted by Gasteiger charge is 2.31. The maximum Gasteiger partial charge on any atom is 0.349 e. The van der Waals surface area contributed by atoms with Gasteiger partial charge in [0.2, 0.25) is 10.0 Å². The summed E-state index contributed by atoms with van der Waals surface area (Å²) in [5.74, 6) is -0.635. The molecule has 0 spiro atoms. The second-order valence-corrected chi connectivity index (χ2v) is 7.86. The molecule has 24 heavy (non-hydrogen) atoms. The normalized spacial score (nSPS) is 16.2. The first kappa shape index (κ1) is 17.1. The third kappa shape index (κ3) is 3.66. The highest BCUT2D eigenvalue weighted by atomic mass is 32.2. The van der Waals surface area contributed by atoms with E-state index in [2.05, 4.69) is 5.10 Å². The monoisotopic (exact) mass is 371 g/mol. The maximum atomic E-state index is 12.7. The summed E-state index contributed by atoms with van der Waals surface area (Å²) in [6.07, 6.45) is 3.39. The Morgan fingerprint density at radius 1 is 1.38 bits per heavy atom. The number of morpholine rings is 1. The van der Waals surface area contributed by atoms with Gasteiger partial charge in [0.15, 0.2) is 0 Å². The van der Waals surface area contributed by atoms with Crippen molar-refractivity contribution in [2.75, 3.05) is 32.9 Å². The molecule has 0 unspecified atom stereocenters. The van der Waals surface area contributed by atoms with Crippen molar-refractivity contribution in [1.29, 1.82) is 0 Å². The summed E-state index contributed by atoms with van der Waals surface area (Å²) in [6, 6.07) is 3.22. The first-order valence-electron chi connectivity index (χ1n) is 7.39. The molecule has 2 aromatic heterocycles. The Bertz CT molecular complexity index is 779. The average Bonchev–Trinajstić information content (AvgIpc) is 3.27. The molecule has 8 nitrogen and oxygen atoms in total. The maximum absolute atomic E-state index is 12.7. The van der Waals surface area contributed by atoms with Crippen molar-refractivity contribution >= 4 is 27.3 Å². The molecule has 0 aromatic carbocycles. The summed E-state index contributed by atoms with van der Waals surface area (Å²) < 4.78 is 38.7. The molecule has 10 heteroatoms. The fourth-order valence-corrected chi connectivity index (χ4v) is 5.00. The molecule has 0 aliphatic carbocycles. The number of hydrogen-bond acceptors (Lipinski definition) is 7. The summed E-state index contributed by atoms with van der Waals surface area (Å²) in [7, 11) is -3.72. The van der Waals surface area contributed by atoms with Gasteiger partial charge < -0.3 is 9.47 Å². The van der Waals surface area contributed by atoms with Gasteiger partial charge in [0.1, 0.15) is 16.4 Å². The standard InChI is InChI=1S/C14H17N3O5S2/c18-14(22-10-5-16-4-1-3-15-16)13-12(2-11-23-13)24(19,20)17-6-8-21-9-7-17/h1-4,11H,5-10H2. The first-order chi connectivity index (χ1) is 11.6. The van der Waals surface area contributed by atoms with Crippen molar-refractivity contribution in [3.8, 4) is 0 Å². The lowest BCUT2D eigenvalue weighted by Gasteiger charge is -2.25. The number of ether oxygens (including phenoxy) is 2. The van der Waals surface area contributed by atoms with Crippen molar-refractivity contribution in [3.05, 3.63) is 34.8 Å². The predicted octanol–water partition coefficient (Wildman–Crippen LogP) is 0.823. The number of aromatic nitrogens is 2. The largest absolute Gasteiger partial charge is 0.460 e. The zero-order chi connectivity index (χ0) is 17.0. The second-order valence-electron chi connectivity index (χ2n) is 5.04. The topological polar surface area (TPSA) is 90.7 Å². The minimum Gasteiger partial charge on any atom is -0.460 e. The van der Waals surface area contributed by atoms with E-state index >= 15 is 0 Å². The highest BCUT2D eigenvalue weighted by molar-refractivity contribution is 7.89. The van der Waals surface area contributed by atoms with Gasteiger partial charge in [-0.2, -0.15) is 9.40 Å². The minimum atomic E-state index is -3.72. The molecule has 1 aliphatic rings. The van der Waals surface area contributed by atoms with Crippen LogP contribution in [0.15, 0.2) is 34.8 Å². The van der Waals surface area contributed by atoms with E-state index in [9.17, 15) is 13.2 Å². The van der Waals surface area contributed by atoms with Crippen LogP contribution < -0.4 is 0 Å². The number of rotatable bonds is 6. The highest BCUT2D eigenvalue weighted by Crippen LogP contribution is 2.26. The minimum absolute atomic E-state index is 0.00140. The van der Waals surface area contributed by atoms with Crippen LogP contribution in [0.5, 0.6) is 0 Å². The van der Waals surface area contributed by atoms with E-state index in [1.54, 1.807) is 28.5 Å². The van der Waals surface area contributed by atoms with Gasteiger partial charge in [-0.25, -0.2) is 13.2 Å². The van der Waals surface area contributed by atoms with Crippen LogP contribution in [-0.2, 0) is 26.0 Å². The van der Waals surface area contributed by atoms with E-state index in [1.165, 1.54) is 10.4 Å². The Morgan fingerprint density at radius 3 is 2.88 bits per heavy atom. The number of nitrogens with zero attached hydrogens (tertiary/aromatic N) is 3. The molecule has 130 valence electrons. The fourth-order valence-electron chi connectivity index (χ4n) is 2.31. The van der Waals surface area contributed by atoms with Gasteiger partial charge in [0, 0.05) is 25.5 Å².